The van der Waals surface area contributed by atoms with E-state index in [0.29, 0.717) is 19.7 Å². The predicted molar refractivity (Wildman–Crippen MR) is 113 cm³/mol. The summed E-state index contributed by atoms with van der Waals surface area (Å²) in [6.45, 7) is 9.70. The topological polar surface area (TPSA) is 42.4 Å². The lowest BCUT2D eigenvalue weighted by molar-refractivity contribution is 0.0737. The van der Waals surface area contributed by atoms with E-state index in [2.05, 4.69) is 49.2 Å². The Bertz CT molecular complexity index is 1050. The number of ether oxygens (including phenoxy) is 1. The summed E-state index contributed by atoms with van der Waals surface area (Å²) in [6, 6.07) is 12.8. The minimum Gasteiger partial charge on any atom is -0.491 e. The largest absolute Gasteiger partial charge is 0.491 e. The van der Waals surface area contributed by atoms with Crippen molar-refractivity contribution in [3.8, 4) is 16.9 Å². The number of hydrogen-bond donors (Lipinski definition) is 0. The zero-order chi connectivity index (χ0) is 19.8. The van der Waals surface area contributed by atoms with Gasteiger partial charge in [-0.15, -0.1) is 11.3 Å². The summed E-state index contributed by atoms with van der Waals surface area (Å²) in [6.07, 6.45) is 0. The van der Waals surface area contributed by atoms with Gasteiger partial charge in [0.2, 0.25) is 0 Å². The molecule has 0 radical (unpaired) electrons. The SMILES string of the molecule is Cc1nc(C)c(C(=O)N2CCOc3ccc(-c4ccc(C)c(C)c4)cc3C2)s1. The van der Waals surface area contributed by atoms with Gasteiger partial charge < -0.3 is 9.64 Å². The van der Waals surface area contributed by atoms with Crippen molar-refractivity contribution in [2.75, 3.05) is 13.2 Å². The summed E-state index contributed by atoms with van der Waals surface area (Å²) in [5, 5.41) is 0.921. The van der Waals surface area contributed by atoms with Gasteiger partial charge in [-0.3, -0.25) is 4.79 Å². The van der Waals surface area contributed by atoms with Crippen LogP contribution in [0.3, 0.4) is 0 Å². The van der Waals surface area contributed by atoms with Gasteiger partial charge in [-0.1, -0.05) is 24.3 Å². The first-order valence-corrected chi connectivity index (χ1v) is 10.3. The fourth-order valence-corrected chi connectivity index (χ4v) is 4.43. The van der Waals surface area contributed by atoms with Gasteiger partial charge in [0.05, 0.1) is 17.2 Å². The molecule has 0 N–H and O–H groups in total. The fourth-order valence-electron chi connectivity index (χ4n) is 3.54. The molecule has 0 bridgehead atoms. The number of aromatic nitrogens is 1. The Morgan fingerprint density at radius 2 is 1.79 bits per heavy atom. The maximum absolute atomic E-state index is 13.1. The number of amides is 1. The zero-order valence-electron chi connectivity index (χ0n) is 16.7. The predicted octanol–water partition coefficient (Wildman–Crippen LogP) is 5.08. The molecule has 4 rings (SSSR count). The molecule has 1 aliphatic heterocycles. The summed E-state index contributed by atoms with van der Waals surface area (Å²) in [4.78, 5) is 20.1. The van der Waals surface area contributed by atoms with Crippen LogP contribution < -0.4 is 4.74 Å². The Hall–Kier alpha value is -2.66. The molecule has 1 aromatic heterocycles. The molecule has 0 fully saturated rings. The highest BCUT2D eigenvalue weighted by molar-refractivity contribution is 7.13. The van der Waals surface area contributed by atoms with Gasteiger partial charge in [-0.2, -0.15) is 0 Å². The lowest BCUT2D eigenvalue weighted by Gasteiger charge is -2.19. The number of carbonyl (C=O) groups is 1. The quantitative estimate of drug-likeness (QED) is 0.611. The average molecular weight is 393 g/mol. The molecule has 1 amide bonds. The van der Waals surface area contributed by atoms with Crippen molar-refractivity contribution >= 4 is 17.2 Å². The van der Waals surface area contributed by atoms with E-state index in [1.165, 1.54) is 28.0 Å². The molecule has 0 unspecified atom stereocenters. The van der Waals surface area contributed by atoms with E-state index in [9.17, 15) is 4.79 Å². The summed E-state index contributed by atoms with van der Waals surface area (Å²) < 4.78 is 5.93. The van der Waals surface area contributed by atoms with Crippen molar-refractivity contribution in [3.63, 3.8) is 0 Å². The first-order valence-electron chi connectivity index (χ1n) is 9.49. The van der Waals surface area contributed by atoms with Crippen LogP contribution in [0.1, 0.15) is 37.1 Å². The van der Waals surface area contributed by atoms with Gasteiger partial charge in [-0.25, -0.2) is 4.98 Å². The number of rotatable bonds is 2. The van der Waals surface area contributed by atoms with E-state index in [1.807, 2.05) is 24.8 Å². The van der Waals surface area contributed by atoms with Gasteiger partial charge in [0.25, 0.3) is 5.91 Å². The Labute approximate surface area is 169 Å². The smallest absolute Gasteiger partial charge is 0.266 e. The fraction of sp³-hybridized carbons (Fsp3) is 0.304. The van der Waals surface area contributed by atoms with Crippen molar-refractivity contribution < 1.29 is 9.53 Å². The Kier molecular flexibility index (Phi) is 4.94. The maximum atomic E-state index is 13.1. The van der Waals surface area contributed by atoms with Crippen LogP contribution in [0.5, 0.6) is 5.75 Å². The average Bonchev–Trinajstić information content (AvgIpc) is 2.88. The lowest BCUT2D eigenvalue weighted by atomic mass is 9.98. The first-order chi connectivity index (χ1) is 13.4. The van der Waals surface area contributed by atoms with Crippen molar-refractivity contribution in [1.29, 1.82) is 0 Å². The maximum Gasteiger partial charge on any atom is 0.266 e. The molecule has 0 aliphatic carbocycles. The van der Waals surface area contributed by atoms with E-state index < -0.39 is 0 Å². The molecule has 2 aromatic carbocycles. The minimum atomic E-state index is 0.0381. The highest BCUT2D eigenvalue weighted by Gasteiger charge is 2.24. The molecule has 0 atom stereocenters. The van der Waals surface area contributed by atoms with E-state index in [4.69, 9.17) is 4.74 Å². The van der Waals surface area contributed by atoms with Gasteiger partial charge in [0.1, 0.15) is 17.2 Å². The summed E-state index contributed by atoms with van der Waals surface area (Å²) in [5.41, 5.74) is 6.74. The lowest BCUT2D eigenvalue weighted by Crippen LogP contribution is -2.32. The van der Waals surface area contributed by atoms with Gasteiger partial charge in [0.15, 0.2) is 0 Å². The number of benzene rings is 2. The number of aryl methyl sites for hydroxylation is 4. The second kappa shape index (κ2) is 7.40. The van der Waals surface area contributed by atoms with Gasteiger partial charge >= 0.3 is 0 Å². The Morgan fingerprint density at radius 3 is 2.50 bits per heavy atom. The molecule has 28 heavy (non-hydrogen) atoms. The molecule has 3 aromatic rings. The second-order valence-corrected chi connectivity index (χ2v) is 8.55. The normalized spacial score (nSPS) is 13.6. The molecule has 5 heteroatoms. The van der Waals surface area contributed by atoms with Crippen LogP contribution in [-0.2, 0) is 6.54 Å². The zero-order valence-corrected chi connectivity index (χ0v) is 17.5. The van der Waals surface area contributed by atoms with Gasteiger partial charge in [0, 0.05) is 12.1 Å². The van der Waals surface area contributed by atoms with E-state index in [-0.39, 0.29) is 5.91 Å². The van der Waals surface area contributed by atoms with Gasteiger partial charge in [-0.05, 0) is 62.1 Å². The van der Waals surface area contributed by atoms with Crippen LogP contribution >= 0.6 is 11.3 Å². The number of thiazole rings is 1. The standard InChI is InChI=1S/C23H24N2O2S/c1-14-5-6-18(11-15(14)2)19-7-8-21-20(12-19)13-25(9-10-27-21)23(26)22-16(3)24-17(4)28-22/h5-8,11-12H,9-10,13H2,1-4H3. The van der Waals surface area contributed by atoms with Crippen LogP contribution in [0.15, 0.2) is 36.4 Å². The van der Waals surface area contributed by atoms with Crippen molar-refractivity contribution in [1.82, 2.24) is 9.88 Å². The van der Waals surface area contributed by atoms with Crippen LogP contribution in [0.25, 0.3) is 11.1 Å². The third-order valence-corrected chi connectivity index (χ3v) is 6.33. The molecular weight excluding hydrogens is 368 g/mol. The number of nitrogens with zero attached hydrogens (tertiary/aromatic N) is 2. The molecule has 1 aliphatic rings. The number of fused-ring (bicyclic) bond motifs is 1. The molecule has 144 valence electrons. The van der Waals surface area contributed by atoms with Crippen molar-refractivity contribution in [2.24, 2.45) is 0 Å². The summed E-state index contributed by atoms with van der Waals surface area (Å²) in [5.74, 6) is 0.899. The van der Waals surface area contributed by atoms with Crippen LogP contribution in [0.4, 0.5) is 0 Å². The summed E-state index contributed by atoms with van der Waals surface area (Å²) in [7, 11) is 0. The Morgan fingerprint density at radius 1 is 1.04 bits per heavy atom. The van der Waals surface area contributed by atoms with E-state index in [1.54, 1.807) is 0 Å². The highest BCUT2D eigenvalue weighted by atomic mass is 32.1. The molecule has 0 saturated heterocycles. The minimum absolute atomic E-state index is 0.0381. The van der Waals surface area contributed by atoms with Crippen molar-refractivity contribution in [3.05, 3.63) is 68.7 Å². The third kappa shape index (κ3) is 3.54. The van der Waals surface area contributed by atoms with E-state index >= 15 is 0 Å². The van der Waals surface area contributed by atoms with Crippen LogP contribution in [-0.4, -0.2) is 28.9 Å². The monoisotopic (exact) mass is 392 g/mol. The Balaban J connectivity index is 1.66. The molecule has 0 spiro atoms. The molecule has 0 saturated carbocycles. The van der Waals surface area contributed by atoms with E-state index in [0.717, 1.165) is 32.5 Å². The van der Waals surface area contributed by atoms with Crippen LogP contribution in [0.2, 0.25) is 0 Å². The third-order valence-electron chi connectivity index (χ3n) is 5.27. The summed E-state index contributed by atoms with van der Waals surface area (Å²) >= 11 is 1.46. The second-order valence-electron chi connectivity index (χ2n) is 7.34. The van der Waals surface area contributed by atoms with Crippen molar-refractivity contribution in [2.45, 2.75) is 34.2 Å². The number of carbonyl (C=O) groups excluding carboxylic acids is 1. The number of hydrogen-bond acceptors (Lipinski definition) is 4. The molecular formula is C23H24N2O2S. The highest BCUT2D eigenvalue weighted by Crippen LogP contribution is 2.31. The van der Waals surface area contributed by atoms with Crippen LogP contribution in [0, 0.1) is 27.7 Å². The first kappa shape index (κ1) is 18.7. The molecule has 4 nitrogen and oxygen atoms in total. The molecule has 2 heterocycles.